The number of aromatic nitrogens is 3. The number of aliphatic hydroxyl groups is 2. The summed E-state index contributed by atoms with van der Waals surface area (Å²) in [4.78, 5) is 31.2. The summed E-state index contributed by atoms with van der Waals surface area (Å²) in [6.45, 7) is 2.45. The standard InChI is InChI=1S/C16H22N4O3.CH2O2/c1-2-5-16(11-21)10-20(8-4-13(16)22)14(23)12-9-19-7-3-6-17-15(19)18-12;2-1-3/h3,6-7,9,13,21-22H,2,4-5,8,10-11H2,1H3;1H,(H,2,3)/t13-,16+;/m1./s1. The molecule has 2 atom stereocenters. The lowest BCUT2D eigenvalue weighted by Gasteiger charge is -2.45. The lowest BCUT2D eigenvalue weighted by atomic mass is 9.74. The number of aliphatic hydroxyl groups excluding tert-OH is 2. The van der Waals surface area contributed by atoms with Crippen molar-refractivity contribution in [2.45, 2.75) is 32.3 Å². The van der Waals surface area contributed by atoms with Crippen LogP contribution in [-0.4, -0.2) is 72.8 Å². The number of nitrogens with zero attached hydrogens (tertiary/aromatic N) is 4. The van der Waals surface area contributed by atoms with Crippen molar-refractivity contribution in [3.05, 3.63) is 30.4 Å². The van der Waals surface area contributed by atoms with E-state index in [2.05, 4.69) is 9.97 Å². The second kappa shape index (κ2) is 8.72. The largest absolute Gasteiger partial charge is 0.483 e. The van der Waals surface area contributed by atoms with Gasteiger partial charge >= 0.3 is 0 Å². The van der Waals surface area contributed by atoms with Crippen LogP contribution in [0.15, 0.2) is 24.7 Å². The summed E-state index contributed by atoms with van der Waals surface area (Å²) in [7, 11) is 0. The van der Waals surface area contributed by atoms with E-state index in [4.69, 9.17) is 9.90 Å². The van der Waals surface area contributed by atoms with Crippen LogP contribution < -0.4 is 0 Å². The van der Waals surface area contributed by atoms with Crippen LogP contribution in [0.25, 0.3) is 5.78 Å². The molecular weight excluding hydrogens is 340 g/mol. The van der Waals surface area contributed by atoms with Crippen LogP contribution >= 0.6 is 0 Å². The first-order valence-corrected chi connectivity index (χ1v) is 8.47. The van der Waals surface area contributed by atoms with E-state index < -0.39 is 11.5 Å². The number of piperidine rings is 1. The number of amides is 1. The van der Waals surface area contributed by atoms with E-state index in [9.17, 15) is 15.0 Å². The highest BCUT2D eigenvalue weighted by Crippen LogP contribution is 2.35. The topological polar surface area (TPSA) is 128 Å². The van der Waals surface area contributed by atoms with Crippen LogP contribution in [0.1, 0.15) is 36.7 Å². The molecule has 0 bridgehead atoms. The molecule has 1 saturated heterocycles. The van der Waals surface area contributed by atoms with Gasteiger partial charge in [-0.25, -0.2) is 9.97 Å². The summed E-state index contributed by atoms with van der Waals surface area (Å²) in [6.07, 6.45) is 6.50. The second-order valence-corrected chi connectivity index (χ2v) is 6.36. The first-order chi connectivity index (χ1) is 12.5. The normalized spacial score (nSPS) is 22.6. The number of imidazole rings is 1. The summed E-state index contributed by atoms with van der Waals surface area (Å²) in [5.41, 5.74) is -0.302. The molecule has 0 spiro atoms. The van der Waals surface area contributed by atoms with Crippen LogP contribution in [0.4, 0.5) is 0 Å². The lowest BCUT2D eigenvalue weighted by molar-refractivity contribution is -0.122. The van der Waals surface area contributed by atoms with Gasteiger partial charge in [-0.15, -0.1) is 0 Å². The van der Waals surface area contributed by atoms with Crippen molar-refractivity contribution in [1.29, 1.82) is 0 Å². The van der Waals surface area contributed by atoms with Gasteiger partial charge < -0.3 is 20.2 Å². The fourth-order valence-electron chi connectivity index (χ4n) is 3.40. The number of carboxylic acid groups (broad SMARTS) is 1. The number of hydrogen-bond acceptors (Lipinski definition) is 6. The van der Waals surface area contributed by atoms with Gasteiger partial charge in [-0.05, 0) is 18.9 Å². The van der Waals surface area contributed by atoms with E-state index in [1.165, 1.54) is 0 Å². The zero-order valence-electron chi connectivity index (χ0n) is 14.7. The highest BCUT2D eigenvalue weighted by molar-refractivity contribution is 5.92. The Morgan fingerprint density at radius 1 is 1.50 bits per heavy atom. The number of likely N-dealkylation sites (tertiary alicyclic amines) is 1. The molecule has 9 heteroatoms. The Morgan fingerprint density at radius 3 is 2.85 bits per heavy atom. The molecule has 3 N–H and O–H groups in total. The first kappa shape index (κ1) is 19.8. The van der Waals surface area contributed by atoms with Gasteiger partial charge in [0.15, 0.2) is 0 Å². The average molecular weight is 364 g/mol. The SMILES string of the molecule is CCC[C@@]1(CO)CN(C(=O)c2cn3cccnc3n2)CC[C@H]1O.O=CO. The van der Waals surface area contributed by atoms with Crippen LogP contribution in [0.2, 0.25) is 0 Å². The van der Waals surface area contributed by atoms with E-state index in [1.807, 2.05) is 6.92 Å². The molecular formula is C17H24N4O5. The summed E-state index contributed by atoms with van der Waals surface area (Å²) < 4.78 is 1.71. The first-order valence-electron chi connectivity index (χ1n) is 8.47. The third-order valence-electron chi connectivity index (χ3n) is 4.69. The zero-order chi connectivity index (χ0) is 19.2. The van der Waals surface area contributed by atoms with Crippen LogP contribution in [0, 0.1) is 5.41 Å². The fourth-order valence-corrected chi connectivity index (χ4v) is 3.40. The minimum absolute atomic E-state index is 0.126. The molecule has 3 rings (SSSR count). The van der Waals surface area contributed by atoms with Crippen LogP contribution in [0.3, 0.4) is 0 Å². The third-order valence-corrected chi connectivity index (χ3v) is 4.69. The molecule has 0 aromatic carbocycles. The molecule has 1 aliphatic rings. The average Bonchev–Trinajstić information content (AvgIpc) is 3.08. The van der Waals surface area contributed by atoms with E-state index >= 15 is 0 Å². The van der Waals surface area contributed by atoms with Crippen molar-refractivity contribution in [2.24, 2.45) is 5.41 Å². The Labute approximate surface area is 150 Å². The molecule has 1 amide bonds. The quantitative estimate of drug-likeness (QED) is 0.671. The van der Waals surface area contributed by atoms with Gasteiger partial charge in [0.1, 0.15) is 5.69 Å². The minimum atomic E-state index is -0.639. The van der Waals surface area contributed by atoms with E-state index in [1.54, 1.807) is 34.0 Å². The van der Waals surface area contributed by atoms with Gasteiger partial charge in [-0.3, -0.25) is 14.0 Å². The lowest BCUT2D eigenvalue weighted by Crippen LogP contribution is -2.55. The van der Waals surface area contributed by atoms with Gasteiger partial charge in [-0.2, -0.15) is 0 Å². The molecule has 0 aliphatic carbocycles. The van der Waals surface area contributed by atoms with Gasteiger partial charge in [0, 0.05) is 37.1 Å². The third kappa shape index (κ3) is 4.00. The Hall–Kier alpha value is -2.52. The molecule has 2 aromatic rings. The number of carbonyl (C=O) groups is 2. The molecule has 0 unspecified atom stereocenters. The summed E-state index contributed by atoms with van der Waals surface area (Å²) >= 11 is 0. The summed E-state index contributed by atoms with van der Waals surface area (Å²) in [6, 6.07) is 1.78. The summed E-state index contributed by atoms with van der Waals surface area (Å²) in [5, 5.41) is 27.0. The maximum atomic E-state index is 12.7. The molecule has 2 aromatic heterocycles. The number of hydrogen-bond donors (Lipinski definition) is 3. The van der Waals surface area contributed by atoms with Crippen molar-refractivity contribution in [2.75, 3.05) is 19.7 Å². The monoisotopic (exact) mass is 364 g/mol. The molecule has 3 heterocycles. The highest BCUT2D eigenvalue weighted by atomic mass is 16.3. The van der Waals surface area contributed by atoms with Crippen molar-refractivity contribution in [1.82, 2.24) is 19.3 Å². The fraction of sp³-hybridized carbons (Fsp3) is 0.529. The maximum Gasteiger partial charge on any atom is 0.290 e. The smallest absolute Gasteiger partial charge is 0.290 e. The number of rotatable bonds is 4. The van der Waals surface area contributed by atoms with Gasteiger partial charge in [0.25, 0.3) is 12.4 Å². The predicted octanol–water partition coefficient (Wildman–Crippen LogP) is 0.416. The molecule has 0 saturated carbocycles. The van der Waals surface area contributed by atoms with Crippen molar-refractivity contribution < 1.29 is 24.9 Å². The Morgan fingerprint density at radius 2 is 2.23 bits per heavy atom. The van der Waals surface area contributed by atoms with Gasteiger partial charge in [0.2, 0.25) is 5.78 Å². The Bertz CT molecular complexity index is 717. The molecule has 1 aliphatic heterocycles. The summed E-state index contributed by atoms with van der Waals surface area (Å²) in [5.74, 6) is 0.297. The van der Waals surface area contributed by atoms with E-state index in [-0.39, 0.29) is 19.0 Å². The second-order valence-electron chi connectivity index (χ2n) is 6.36. The van der Waals surface area contributed by atoms with Crippen molar-refractivity contribution >= 4 is 18.2 Å². The van der Waals surface area contributed by atoms with E-state index in [0.717, 1.165) is 6.42 Å². The zero-order valence-corrected chi connectivity index (χ0v) is 14.7. The van der Waals surface area contributed by atoms with Gasteiger partial charge in [-0.1, -0.05) is 13.3 Å². The number of carbonyl (C=O) groups excluding carboxylic acids is 1. The van der Waals surface area contributed by atoms with Crippen molar-refractivity contribution in [3.8, 4) is 0 Å². The van der Waals surface area contributed by atoms with E-state index in [0.29, 0.717) is 37.4 Å². The molecule has 26 heavy (non-hydrogen) atoms. The molecule has 1 fully saturated rings. The predicted molar refractivity (Wildman–Crippen MR) is 92.6 cm³/mol. The molecule has 0 radical (unpaired) electrons. The highest BCUT2D eigenvalue weighted by Gasteiger charge is 2.43. The molecule has 9 nitrogen and oxygen atoms in total. The van der Waals surface area contributed by atoms with Crippen molar-refractivity contribution in [3.63, 3.8) is 0 Å². The number of fused-ring (bicyclic) bond motifs is 1. The van der Waals surface area contributed by atoms with Crippen LogP contribution in [0.5, 0.6) is 0 Å². The Kier molecular flexibility index (Phi) is 6.64. The Balaban J connectivity index is 0.000000758. The minimum Gasteiger partial charge on any atom is -0.483 e. The molecule has 142 valence electrons. The maximum absolute atomic E-state index is 12.7. The van der Waals surface area contributed by atoms with Crippen LogP contribution in [-0.2, 0) is 4.79 Å². The van der Waals surface area contributed by atoms with Gasteiger partial charge in [0.05, 0.1) is 12.7 Å².